The van der Waals surface area contributed by atoms with Gasteiger partial charge in [0.15, 0.2) is 0 Å². The fourth-order valence-corrected chi connectivity index (χ4v) is 7.78. The molecule has 0 spiro atoms. The van der Waals surface area contributed by atoms with Crippen LogP contribution in [0.2, 0.25) is 0 Å². The molecule has 264 valence electrons. The maximum atomic E-state index is 14.4. The molecule has 2 heterocycles. The van der Waals surface area contributed by atoms with Crippen LogP contribution in [0.5, 0.6) is 0 Å². The molecular formula is C35H52N6O7. The second-order valence-corrected chi connectivity index (χ2v) is 15.9. The predicted molar refractivity (Wildman–Crippen MR) is 176 cm³/mol. The lowest BCUT2D eigenvalue weighted by molar-refractivity contribution is -0.145. The standard InChI is InChI=1S/C35H52N6O7/c1-33(2,3)27(39-32(47)40-35(13-8-7-9-14-35)31(46)37-17-21-12-15-48-19-21)30(45)41-18-22-24(34(22,4)5)25(41)28(43)38-23(16-20-10-11-20)26(42)29(44)36-6/h12,15,19-20,22-25,27H,7-11,13-14,16-18H2,1-6H3,(H,36,44)(H,37,46)(H,38,43)(H2,39,40,47)/t22-,23?,24-,25-,27+/m0/s1. The van der Waals surface area contributed by atoms with Crippen molar-refractivity contribution >= 4 is 35.4 Å². The van der Waals surface area contributed by atoms with Gasteiger partial charge in [0, 0.05) is 25.7 Å². The Morgan fingerprint density at radius 2 is 1.71 bits per heavy atom. The van der Waals surface area contributed by atoms with E-state index < -0.39 is 58.6 Å². The normalized spacial score (nSPS) is 25.1. The number of carbonyl (C=O) groups is 6. The molecule has 5 N–H and O–H groups in total. The van der Waals surface area contributed by atoms with Crippen LogP contribution >= 0.6 is 0 Å². The summed E-state index contributed by atoms with van der Waals surface area (Å²) in [6, 6.07) is -1.72. The van der Waals surface area contributed by atoms with Gasteiger partial charge in [0.1, 0.15) is 17.6 Å². The highest BCUT2D eigenvalue weighted by Gasteiger charge is 2.70. The Morgan fingerprint density at radius 1 is 1.02 bits per heavy atom. The van der Waals surface area contributed by atoms with Crippen molar-refractivity contribution in [3.8, 4) is 0 Å². The molecule has 6 amide bonds. The van der Waals surface area contributed by atoms with E-state index >= 15 is 0 Å². The van der Waals surface area contributed by atoms with Crippen LogP contribution in [0, 0.1) is 28.6 Å². The molecule has 5 atom stereocenters. The van der Waals surface area contributed by atoms with Crippen LogP contribution < -0.4 is 26.6 Å². The van der Waals surface area contributed by atoms with Gasteiger partial charge in [-0.1, -0.05) is 66.7 Å². The fourth-order valence-electron chi connectivity index (χ4n) is 7.78. The number of nitrogens with zero attached hydrogens (tertiary/aromatic N) is 1. The number of furan rings is 1. The minimum Gasteiger partial charge on any atom is -0.472 e. The van der Waals surface area contributed by atoms with Gasteiger partial charge in [-0.2, -0.15) is 0 Å². The van der Waals surface area contributed by atoms with Gasteiger partial charge < -0.3 is 35.9 Å². The largest absolute Gasteiger partial charge is 0.472 e. The Hall–Kier alpha value is -3.90. The highest BCUT2D eigenvalue weighted by Crippen LogP contribution is 2.65. The highest BCUT2D eigenvalue weighted by atomic mass is 16.3. The summed E-state index contributed by atoms with van der Waals surface area (Å²) in [6.07, 6.45) is 8.77. The van der Waals surface area contributed by atoms with Crippen LogP contribution in [-0.4, -0.2) is 77.6 Å². The topological polar surface area (TPSA) is 179 Å². The first kappa shape index (κ1) is 35.4. The number of likely N-dealkylation sites (tertiary alicyclic amines) is 1. The first-order valence-electron chi connectivity index (χ1n) is 17.3. The average Bonchev–Trinajstić information content (AvgIpc) is 3.75. The Balaban J connectivity index is 1.32. The van der Waals surface area contributed by atoms with E-state index in [-0.39, 0.29) is 35.6 Å². The van der Waals surface area contributed by atoms with Gasteiger partial charge in [0.05, 0.1) is 18.6 Å². The van der Waals surface area contributed by atoms with E-state index in [2.05, 4.69) is 40.4 Å². The summed E-state index contributed by atoms with van der Waals surface area (Å²) in [6.45, 7) is 10.2. The minimum atomic E-state index is -1.13. The Labute approximate surface area is 282 Å². The summed E-state index contributed by atoms with van der Waals surface area (Å²) >= 11 is 0. The molecule has 1 saturated heterocycles. The SMILES string of the molecule is CNC(=O)C(=O)C(CC1CC1)NC(=O)[C@@H]1[C@@H]2[C@H](CN1C(=O)[C@@H](NC(=O)NC1(C(=O)NCc3ccoc3)CCCCC1)C(C)(C)C)C2(C)C. The van der Waals surface area contributed by atoms with Gasteiger partial charge in [0.2, 0.25) is 23.5 Å². The first-order chi connectivity index (χ1) is 22.6. The summed E-state index contributed by atoms with van der Waals surface area (Å²) in [4.78, 5) is 82.3. The molecule has 4 fully saturated rings. The number of Topliss-reactive ketones (excluding diaryl/α,β-unsaturated/α-hetero) is 1. The molecule has 13 heteroatoms. The number of rotatable bonds is 12. The van der Waals surface area contributed by atoms with Gasteiger partial charge >= 0.3 is 6.03 Å². The Morgan fingerprint density at radius 3 is 2.29 bits per heavy atom. The van der Waals surface area contributed by atoms with E-state index in [1.807, 2.05) is 20.8 Å². The van der Waals surface area contributed by atoms with Crippen LogP contribution in [-0.2, 0) is 30.5 Å². The lowest BCUT2D eigenvalue weighted by atomic mass is 9.80. The Kier molecular flexibility index (Phi) is 9.99. The molecule has 48 heavy (non-hydrogen) atoms. The third-order valence-corrected chi connectivity index (χ3v) is 11.0. The molecule has 3 saturated carbocycles. The number of piperidine rings is 1. The van der Waals surface area contributed by atoms with Crippen molar-refractivity contribution < 1.29 is 33.2 Å². The van der Waals surface area contributed by atoms with Gasteiger partial charge in [-0.25, -0.2) is 4.79 Å². The summed E-state index contributed by atoms with van der Waals surface area (Å²) in [5, 5.41) is 14.0. The minimum absolute atomic E-state index is 0.0765. The maximum absolute atomic E-state index is 14.4. The maximum Gasteiger partial charge on any atom is 0.316 e. The zero-order valence-corrected chi connectivity index (χ0v) is 29.1. The second-order valence-electron chi connectivity index (χ2n) is 15.9. The summed E-state index contributed by atoms with van der Waals surface area (Å²) in [7, 11) is 1.38. The monoisotopic (exact) mass is 668 g/mol. The molecule has 5 rings (SSSR count). The summed E-state index contributed by atoms with van der Waals surface area (Å²) < 4.78 is 5.10. The van der Waals surface area contributed by atoms with Crippen LogP contribution in [0.4, 0.5) is 4.79 Å². The molecule has 1 aromatic heterocycles. The van der Waals surface area contributed by atoms with Gasteiger partial charge in [-0.05, 0) is 53.9 Å². The van der Waals surface area contributed by atoms with Crippen LogP contribution in [0.1, 0.15) is 91.5 Å². The third-order valence-electron chi connectivity index (χ3n) is 11.0. The van der Waals surface area contributed by atoms with Crippen molar-refractivity contribution in [3.05, 3.63) is 24.2 Å². The van der Waals surface area contributed by atoms with Crippen LogP contribution in [0.3, 0.4) is 0 Å². The van der Waals surface area contributed by atoms with E-state index in [1.165, 1.54) is 13.3 Å². The van der Waals surface area contributed by atoms with Crippen molar-refractivity contribution in [1.82, 2.24) is 31.5 Å². The van der Waals surface area contributed by atoms with Crippen LogP contribution in [0.15, 0.2) is 23.0 Å². The molecular weight excluding hydrogens is 616 g/mol. The molecule has 4 aliphatic rings. The number of likely N-dealkylation sites (N-methyl/N-ethyl adjacent to an activating group) is 1. The van der Waals surface area contributed by atoms with E-state index in [1.54, 1.807) is 17.2 Å². The molecule has 0 radical (unpaired) electrons. The predicted octanol–water partition coefficient (Wildman–Crippen LogP) is 2.40. The third kappa shape index (κ3) is 7.39. The Bertz CT molecular complexity index is 1410. The highest BCUT2D eigenvalue weighted by molar-refractivity contribution is 6.38. The molecule has 13 nitrogen and oxygen atoms in total. The lowest BCUT2D eigenvalue weighted by Crippen LogP contribution is -2.65. The number of urea groups is 1. The number of hydrogen-bond acceptors (Lipinski definition) is 7. The number of hydrogen-bond donors (Lipinski definition) is 5. The number of fused-ring (bicyclic) bond motifs is 1. The van der Waals surface area contributed by atoms with E-state index in [0.29, 0.717) is 25.8 Å². The van der Waals surface area contributed by atoms with Gasteiger partial charge in [-0.15, -0.1) is 0 Å². The van der Waals surface area contributed by atoms with Gasteiger partial charge in [-0.3, -0.25) is 24.0 Å². The van der Waals surface area contributed by atoms with Crippen LogP contribution in [0.25, 0.3) is 0 Å². The molecule has 1 aliphatic heterocycles. The fraction of sp³-hybridized carbons (Fsp3) is 0.714. The second kappa shape index (κ2) is 13.5. The van der Waals surface area contributed by atoms with E-state index in [0.717, 1.165) is 37.7 Å². The molecule has 0 aromatic carbocycles. The van der Waals surface area contributed by atoms with Crippen molar-refractivity contribution in [1.29, 1.82) is 0 Å². The van der Waals surface area contributed by atoms with Gasteiger partial charge in [0.25, 0.3) is 5.91 Å². The molecule has 0 bridgehead atoms. The average molecular weight is 669 g/mol. The summed E-state index contributed by atoms with van der Waals surface area (Å²) in [5.74, 6) is -2.40. The van der Waals surface area contributed by atoms with Crippen molar-refractivity contribution in [2.24, 2.45) is 28.6 Å². The number of ketones is 1. The van der Waals surface area contributed by atoms with E-state index in [9.17, 15) is 28.8 Å². The number of nitrogens with one attached hydrogen (secondary N) is 5. The van der Waals surface area contributed by atoms with Crippen molar-refractivity contribution in [2.75, 3.05) is 13.6 Å². The first-order valence-corrected chi connectivity index (χ1v) is 17.3. The zero-order valence-electron chi connectivity index (χ0n) is 29.1. The molecule has 1 unspecified atom stereocenters. The summed E-state index contributed by atoms with van der Waals surface area (Å²) in [5.41, 5.74) is -1.26. The molecule has 1 aromatic rings. The van der Waals surface area contributed by atoms with E-state index in [4.69, 9.17) is 4.42 Å². The number of carbonyl (C=O) groups excluding carboxylic acids is 6. The molecule has 3 aliphatic carbocycles. The quantitative estimate of drug-likeness (QED) is 0.212. The smallest absolute Gasteiger partial charge is 0.316 e. The van der Waals surface area contributed by atoms with Crippen molar-refractivity contribution in [2.45, 2.75) is 116 Å². The zero-order chi connectivity index (χ0) is 35.0. The lowest BCUT2D eigenvalue weighted by Gasteiger charge is -2.40. The van der Waals surface area contributed by atoms with Crippen molar-refractivity contribution in [3.63, 3.8) is 0 Å². The number of amides is 6.